The predicted octanol–water partition coefficient (Wildman–Crippen LogP) is 2.89. The molecule has 4 aliphatic heterocycles. The normalized spacial score (nSPS) is 32.6. The first-order valence-electron chi connectivity index (χ1n) is 11.5. The zero-order valence-electron chi connectivity index (χ0n) is 18.8. The highest BCUT2D eigenvalue weighted by Crippen LogP contribution is 2.62. The Morgan fingerprint density at radius 3 is 2.86 bits per heavy atom. The van der Waals surface area contributed by atoms with Gasteiger partial charge in [0.25, 0.3) is 0 Å². The Labute approximate surface area is 204 Å². The largest absolute Gasteiger partial charge is 0.493 e. The number of benzene rings is 2. The van der Waals surface area contributed by atoms with Crippen molar-refractivity contribution in [2.24, 2.45) is 11.8 Å². The second-order valence-corrected chi connectivity index (χ2v) is 10.5. The van der Waals surface area contributed by atoms with Crippen LogP contribution < -0.4 is 19.1 Å². The number of hydrogen-bond donors (Lipinski definition) is 1. The fourth-order valence-electron chi connectivity index (χ4n) is 6.17. The molecule has 0 saturated carbocycles. The van der Waals surface area contributed by atoms with Crippen molar-refractivity contribution >= 4 is 39.1 Å². The summed E-state index contributed by atoms with van der Waals surface area (Å²) in [6.07, 6.45) is -0.221. The van der Waals surface area contributed by atoms with E-state index in [9.17, 15) is 14.7 Å². The third-order valence-electron chi connectivity index (χ3n) is 7.83. The Hall–Kier alpha value is -3.21. The Bertz CT molecular complexity index is 1390. The molecule has 3 saturated heterocycles. The number of ether oxygens (including phenoxy) is 4. The quantitative estimate of drug-likeness (QED) is 0.540. The molecule has 7 rings (SSSR count). The number of thiazole rings is 1. The molecule has 1 aromatic heterocycles. The molecule has 10 heteroatoms. The standard InChI is InChI=1S/C25H22N2O7S/c1-24-19(28)10-25(34-24,6-7-31-14-3-5-16-17(9-14)33-12-32-16)21-20(24)22(29)27(23(21)30)13-2-4-15-18(8-13)35-11-26-15/h2-5,8-9,11,19-21,28H,6-7,10,12H2,1H3/t19-,20-,21+,24-,25?/m1/s1. The second-order valence-electron chi connectivity index (χ2n) is 9.66. The average Bonchev–Trinajstić information content (AvgIpc) is 3.61. The number of imide groups is 1. The van der Waals surface area contributed by atoms with Gasteiger partial charge < -0.3 is 24.1 Å². The maximum absolute atomic E-state index is 13.7. The van der Waals surface area contributed by atoms with E-state index in [2.05, 4.69) is 4.98 Å². The van der Waals surface area contributed by atoms with E-state index in [1.807, 2.05) is 12.1 Å². The van der Waals surface area contributed by atoms with Gasteiger partial charge in [0.1, 0.15) is 11.4 Å². The van der Waals surface area contributed by atoms with Gasteiger partial charge in [-0.2, -0.15) is 0 Å². The van der Waals surface area contributed by atoms with Crippen LogP contribution in [0, 0.1) is 11.8 Å². The summed E-state index contributed by atoms with van der Waals surface area (Å²) in [5.74, 6) is -0.158. The Kier molecular flexibility index (Phi) is 4.32. The first-order chi connectivity index (χ1) is 16.9. The van der Waals surface area contributed by atoms with Gasteiger partial charge >= 0.3 is 0 Å². The van der Waals surface area contributed by atoms with Crippen molar-refractivity contribution in [2.75, 3.05) is 18.3 Å². The molecule has 0 aliphatic carbocycles. The van der Waals surface area contributed by atoms with Crippen LogP contribution in [-0.2, 0) is 14.3 Å². The molecule has 2 bridgehead atoms. The van der Waals surface area contributed by atoms with E-state index < -0.39 is 29.1 Å². The van der Waals surface area contributed by atoms with Crippen LogP contribution in [0.3, 0.4) is 0 Å². The summed E-state index contributed by atoms with van der Waals surface area (Å²) < 4.78 is 24.0. The highest BCUT2D eigenvalue weighted by atomic mass is 32.1. The highest BCUT2D eigenvalue weighted by molar-refractivity contribution is 7.16. The molecule has 3 aromatic rings. The van der Waals surface area contributed by atoms with Crippen molar-refractivity contribution in [3.63, 3.8) is 0 Å². The van der Waals surface area contributed by atoms with Crippen LogP contribution in [0.1, 0.15) is 19.8 Å². The van der Waals surface area contributed by atoms with Crippen LogP contribution in [0.2, 0.25) is 0 Å². The molecule has 3 fully saturated rings. The Balaban J connectivity index is 1.17. The molecule has 1 N–H and O–H groups in total. The van der Waals surface area contributed by atoms with Gasteiger partial charge in [0, 0.05) is 18.9 Å². The minimum absolute atomic E-state index is 0.178. The summed E-state index contributed by atoms with van der Waals surface area (Å²) in [5.41, 5.74) is 0.971. The number of amides is 2. The predicted molar refractivity (Wildman–Crippen MR) is 125 cm³/mol. The fraction of sp³-hybridized carbons (Fsp3) is 0.400. The summed E-state index contributed by atoms with van der Waals surface area (Å²) in [6.45, 7) is 2.17. The molecular formula is C25H22N2O7S. The molecule has 4 aliphatic rings. The molecule has 2 amide bonds. The van der Waals surface area contributed by atoms with Crippen molar-refractivity contribution in [1.82, 2.24) is 4.98 Å². The topological polar surface area (TPSA) is 107 Å². The number of rotatable bonds is 5. The number of nitrogens with zero attached hydrogens (tertiary/aromatic N) is 2. The molecular weight excluding hydrogens is 472 g/mol. The summed E-state index contributed by atoms with van der Waals surface area (Å²) in [4.78, 5) is 32.9. The minimum atomic E-state index is -1.13. The van der Waals surface area contributed by atoms with Crippen molar-refractivity contribution in [3.05, 3.63) is 41.9 Å². The summed E-state index contributed by atoms with van der Waals surface area (Å²) >= 11 is 1.45. The second kappa shape index (κ2) is 7.16. The van der Waals surface area contributed by atoms with Gasteiger partial charge in [0.15, 0.2) is 11.5 Å². The molecule has 5 atom stereocenters. The van der Waals surface area contributed by atoms with Crippen LogP contribution in [0.15, 0.2) is 41.9 Å². The molecule has 0 radical (unpaired) electrons. The van der Waals surface area contributed by atoms with Gasteiger partial charge in [-0.1, -0.05) is 0 Å². The van der Waals surface area contributed by atoms with Crippen molar-refractivity contribution < 1.29 is 33.6 Å². The molecule has 2 aromatic carbocycles. The van der Waals surface area contributed by atoms with Crippen LogP contribution in [0.4, 0.5) is 5.69 Å². The van der Waals surface area contributed by atoms with E-state index >= 15 is 0 Å². The van der Waals surface area contributed by atoms with Gasteiger partial charge in [0.05, 0.1) is 51.6 Å². The maximum Gasteiger partial charge on any atom is 0.240 e. The van der Waals surface area contributed by atoms with Crippen LogP contribution >= 0.6 is 11.3 Å². The van der Waals surface area contributed by atoms with E-state index in [1.54, 1.807) is 36.7 Å². The number of aliphatic hydroxyl groups excluding tert-OH is 1. The van der Waals surface area contributed by atoms with Gasteiger partial charge in [-0.05, 0) is 37.3 Å². The number of hydrogen-bond acceptors (Lipinski definition) is 9. The van der Waals surface area contributed by atoms with Crippen molar-refractivity contribution in [2.45, 2.75) is 37.1 Å². The lowest BCUT2D eigenvalue weighted by Crippen LogP contribution is -2.49. The van der Waals surface area contributed by atoms with Gasteiger partial charge in [-0.15, -0.1) is 11.3 Å². The Morgan fingerprint density at radius 1 is 1.14 bits per heavy atom. The van der Waals surface area contributed by atoms with Crippen LogP contribution in [-0.4, -0.2) is 52.6 Å². The lowest BCUT2D eigenvalue weighted by molar-refractivity contribution is -0.134. The fourth-order valence-corrected chi connectivity index (χ4v) is 6.88. The summed E-state index contributed by atoms with van der Waals surface area (Å²) in [6, 6.07) is 10.7. The number of anilines is 1. The lowest BCUT2D eigenvalue weighted by atomic mass is 9.66. The zero-order valence-corrected chi connectivity index (χ0v) is 19.6. The summed E-state index contributed by atoms with van der Waals surface area (Å²) in [7, 11) is 0. The van der Waals surface area contributed by atoms with Gasteiger partial charge in [-0.3, -0.25) is 9.59 Å². The zero-order chi connectivity index (χ0) is 23.9. The Morgan fingerprint density at radius 2 is 1.97 bits per heavy atom. The summed E-state index contributed by atoms with van der Waals surface area (Å²) in [5, 5.41) is 10.9. The molecule has 0 spiro atoms. The number of carbonyl (C=O) groups is 2. The van der Waals surface area contributed by atoms with E-state index in [0.717, 1.165) is 10.2 Å². The maximum atomic E-state index is 13.7. The number of aliphatic hydroxyl groups is 1. The molecule has 180 valence electrons. The van der Waals surface area contributed by atoms with E-state index in [4.69, 9.17) is 18.9 Å². The van der Waals surface area contributed by atoms with E-state index in [0.29, 0.717) is 29.4 Å². The average molecular weight is 495 g/mol. The number of carbonyl (C=O) groups excluding carboxylic acids is 2. The lowest BCUT2D eigenvalue weighted by Gasteiger charge is -2.33. The first-order valence-corrected chi connectivity index (χ1v) is 12.4. The smallest absolute Gasteiger partial charge is 0.240 e. The third-order valence-corrected chi connectivity index (χ3v) is 8.62. The van der Waals surface area contributed by atoms with E-state index in [1.165, 1.54) is 16.2 Å². The monoisotopic (exact) mass is 494 g/mol. The van der Waals surface area contributed by atoms with Crippen molar-refractivity contribution in [1.29, 1.82) is 0 Å². The van der Waals surface area contributed by atoms with Crippen molar-refractivity contribution in [3.8, 4) is 17.2 Å². The SMILES string of the molecule is C[C@@]12OC(CCOc3ccc4c(c3)OCO4)(C[C@H]1O)[C@@H]1C(=O)N(c3ccc4ncsc4c3)C(=O)[C@@H]12. The van der Waals surface area contributed by atoms with Crippen LogP contribution in [0.25, 0.3) is 10.2 Å². The van der Waals surface area contributed by atoms with Gasteiger partial charge in [-0.25, -0.2) is 9.88 Å². The van der Waals surface area contributed by atoms with Crippen LogP contribution in [0.5, 0.6) is 17.2 Å². The first kappa shape index (κ1) is 21.1. The van der Waals surface area contributed by atoms with Gasteiger partial charge in [0.2, 0.25) is 18.6 Å². The highest BCUT2D eigenvalue weighted by Gasteiger charge is 2.77. The molecule has 35 heavy (non-hydrogen) atoms. The minimum Gasteiger partial charge on any atom is -0.493 e. The number of aromatic nitrogens is 1. The van der Waals surface area contributed by atoms with E-state index in [-0.39, 0.29) is 31.6 Å². The molecule has 9 nitrogen and oxygen atoms in total. The number of fused-ring (bicyclic) bond motifs is 7. The molecule has 1 unspecified atom stereocenters. The third kappa shape index (κ3) is 2.84. The molecule has 5 heterocycles.